The fourth-order valence-corrected chi connectivity index (χ4v) is 2.70. The first-order chi connectivity index (χ1) is 8.58. The molecule has 6 heteroatoms. The van der Waals surface area contributed by atoms with Crippen LogP contribution in [0.15, 0.2) is 45.3 Å². The number of thiocarbonyl (C=S) groups is 1. The zero-order chi connectivity index (χ0) is 13.1. The van der Waals surface area contributed by atoms with Gasteiger partial charge in [-0.2, -0.15) is 0 Å². The van der Waals surface area contributed by atoms with Gasteiger partial charge in [-0.05, 0) is 56.1 Å². The van der Waals surface area contributed by atoms with Crippen molar-refractivity contribution in [1.82, 2.24) is 4.98 Å². The average Bonchev–Trinajstić information content (AvgIpc) is 2.34. The van der Waals surface area contributed by atoms with Gasteiger partial charge in [-0.3, -0.25) is 0 Å². The molecule has 0 amide bonds. The molecule has 18 heavy (non-hydrogen) atoms. The summed E-state index contributed by atoms with van der Waals surface area (Å²) in [6.45, 7) is 0. The smallest absolute Gasteiger partial charge is 0.131 e. The molecule has 0 fully saturated rings. The van der Waals surface area contributed by atoms with Gasteiger partial charge in [0.25, 0.3) is 0 Å². The standard InChI is InChI=1S/C12H9Br2N3S/c13-7-3-1-4-8(14)11(7)17-10-6-2-5-9(16-10)12(15)18/h1-6H,(H2,15,18)(H,16,17). The van der Waals surface area contributed by atoms with Gasteiger partial charge in [0.05, 0.1) is 11.4 Å². The van der Waals surface area contributed by atoms with E-state index < -0.39 is 0 Å². The van der Waals surface area contributed by atoms with Crippen molar-refractivity contribution >= 4 is 60.6 Å². The van der Waals surface area contributed by atoms with E-state index in [2.05, 4.69) is 42.2 Å². The van der Waals surface area contributed by atoms with Crippen LogP contribution < -0.4 is 11.1 Å². The van der Waals surface area contributed by atoms with Gasteiger partial charge >= 0.3 is 0 Å². The van der Waals surface area contributed by atoms with Crippen LogP contribution in [0.5, 0.6) is 0 Å². The highest BCUT2D eigenvalue weighted by molar-refractivity contribution is 9.11. The number of benzene rings is 1. The third-order valence-corrected chi connectivity index (χ3v) is 3.75. The molecule has 92 valence electrons. The van der Waals surface area contributed by atoms with Crippen molar-refractivity contribution in [2.24, 2.45) is 5.73 Å². The third-order valence-electron chi connectivity index (χ3n) is 2.22. The van der Waals surface area contributed by atoms with Gasteiger partial charge in [-0.25, -0.2) is 4.98 Å². The number of hydrogen-bond donors (Lipinski definition) is 2. The number of nitrogens with two attached hydrogens (primary N) is 1. The molecule has 0 bridgehead atoms. The van der Waals surface area contributed by atoms with Crippen molar-refractivity contribution in [3.8, 4) is 0 Å². The number of nitrogens with zero attached hydrogens (tertiary/aromatic N) is 1. The first kappa shape index (κ1) is 13.5. The third kappa shape index (κ3) is 3.07. The summed E-state index contributed by atoms with van der Waals surface area (Å²) in [6.07, 6.45) is 0. The summed E-state index contributed by atoms with van der Waals surface area (Å²) in [5.41, 5.74) is 7.06. The van der Waals surface area contributed by atoms with E-state index in [9.17, 15) is 0 Å². The molecule has 0 aliphatic heterocycles. The summed E-state index contributed by atoms with van der Waals surface area (Å²) in [5.74, 6) is 0.688. The van der Waals surface area contributed by atoms with Crippen LogP contribution in [0.4, 0.5) is 11.5 Å². The SMILES string of the molecule is NC(=S)c1cccc(Nc2c(Br)cccc2Br)n1. The van der Waals surface area contributed by atoms with Crippen LogP contribution in [0.2, 0.25) is 0 Å². The van der Waals surface area contributed by atoms with Crippen molar-refractivity contribution in [2.45, 2.75) is 0 Å². The molecule has 3 nitrogen and oxygen atoms in total. The molecule has 3 N–H and O–H groups in total. The van der Waals surface area contributed by atoms with Gasteiger partial charge in [-0.1, -0.05) is 24.4 Å². The summed E-state index contributed by atoms with van der Waals surface area (Å²) >= 11 is 11.9. The van der Waals surface area contributed by atoms with Gasteiger partial charge in [0.1, 0.15) is 10.8 Å². The Kier molecular flexibility index (Phi) is 4.31. The Hall–Kier alpha value is -0.980. The lowest BCUT2D eigenvalue weighted by atomic mass is 10.3. The van der Waals surface area contributed by atoms with E-state index in [1.54, 1.807) is 6.07 Å². The first-order valence-electron chi connectivity index (χ1n) is 5.06. The molecule has 1 aromatic heterocycles. The summed E-state index contributed by atoms with van der Waals surface area (Å²) in [7, 11) is 0. The van der Waals surface area contributed by atoms with Gasteiger partial charge < -0.3 is 11.1 Å². The highest BCUT2D eigenvalue weighted by atomic mass is 79.9. The summed E-state index contributed by atoms with van der Waals surface area (Å²) in [6, 6.07) is 11.3. The van der Waals surface area contributed by atoms with Crippen molar-refractivity contribution < 1.29 is 0 Å². The topological polar surface area (TPSA) is 50.9 Å². The number of nitrogens with one attached hydrogen (secondary N) is 1. The number of pyridine rings is 1. The van der Waals surface area contributed by atoms with Gasteiger partial charge in [0.15, 0.2) is 0 Å². The molecular formula is C12H9Br2N3S. The Bertz CT molecular complexity index is 581. The fourth-order valence-electron chi connectivity index (χ4n) is 1.39. The Balaban J connectivity index is 2.34. The van der Waals surface area contributed by atoms with E-state index in [-0.39, 0.29) is 4.99 Å². The number of rotatable bonds is 3. The molecule has 0 radical (unpaired) electrons. The minimum atomic E-state index is 0.282. The maximum absolute atomic E-state index is 5.56. The zero-order valence-corrected chi connectivity index (χ0v) is 13.1. The number of aromatic nitrogens is 1. The van der Waals surface area contributed by atoms with E-state index in [0.29, 0.717) is 11.5 Å². The number of halogens is 2. The first-order valence-corrected chi connectivity index (χ1v) is 7.05. The molecule has 0 saturated carbocycles. The zero-order valence-electron chi connectivity index (χ0n) is 9.15. The number of anilines is 2. The lowest BCUT2D eigenvalue weighted by molar-refractivity contribution is 1.27. The summed E-state index contributed by atoms with van der Waals surface area (Å²) in [4.78, 5) is 4.61. The van der Waals surface area contributed by atoms with Crippen LogP contribution in [0.25, 0.3) is 0 Å². The van der Waals surface area contributed by atoms with E-state index in [0.717, 1.165) is 14.6 Å². The Morgan fingerprint density at radius 2 is 1.72 bits per heavy atom. The molecule has 0 unspecified atom stereocenters. The van der Waals surface area contributed by atoms with Gasteiger partial charge in [0, 0.05) is 8.95 Å². The molecule has 2 rings (SSSR count). The minimum Gasteiger partial charge on any atom is -0.388 e. The van der Waals surface area contributed by atoms with Crippen molar-refractivity contribution in [3.05, 3.63) is 51.0 Å². The second kappa shape index (κ2) is 5.77. The summed E-state index contributed by atoms with van der Waals surface area (Å²) < 4.78 is 1.89. The molecule has 0 aliphatic rings. The van der Waals surface area contributed by atoms with Crippen LogP contribution in [0, 0.1) is 0 Å². The van der Waals surface area contributed by atoms with E-state index in [1.165, 1.54) is 0 Å². The Morgan fingerprint density at radius 3 is 2.33 bits per heavy atom. The molecule has 2 aromatic rings. The van der Waals surface area contributed by atoms with Crippen LogP contribution in [-0.2, 0) is 0 Å². The van der Waals surface area contributed by atoms with Crippen LogP contribution in [0.1, 0.15) is 5.69 Å². The highest BCUT2D eigenvalue weighted by Gasteiger charge is 2.06. The molecule has 0 atom stereocenters. The molecule has 1 aromatic carbocycles. The van der Waals surface area contributed by atoms with Crippen molar-refractivity contribution in [1.29, 1.82) is 0 Å². The predicted octanol–water partition coefficient (Wildman–Crippen LogP) is 3.98. The Labute approximate surface area is 127 Å². The van der Waals surface area contributed by atoms with Crippen molar-refractivity contribution in [2.75, 3.05) is 5.32 Å². The quantitative estimate of drug-likeness (QED) is 0.783. The molecular weight excluding hydrogens is 378 g/mol. The molecule has 0 saturated heterocycles. The van der Waals surface area contributed by atoms with Crippen LogP contribution >= 0.6 is 44.1 Å². The van der Waals surface area contributed by atoms with E-state index in [4.69, 9.17) is 18.0 Å². The van der Waals surface area contributed by atoms with E-state index >= 15 is 0 Å². The molecule has 0 aliphatic carbocycles. The van der Waals surface area contributed by atoms with Gasteiger partial charge in [0.2, 0.25) is 0 Å². The largest absolute Gasteiger partial charge is 0.388 e. The molecule has 0 spiro atoms. The lowest BCUT2D eigenvalue weighted by Gasteiger charge is -2.10. The second-order valence-electron chi connectivity index (χ2n) is 3.49. The van der Waals surface area contributed by atoms with Crippen molar-refractivity contribution in [3.63, 3.8) is 0 Å². The van der Waals surface area contributed by atoms with Gasteiger partial charge in [-0.15, -0.1) is 0 Å². The fraction of sp³-hybridized carbons (Fsp3) is 0. The minimum absolute atomic E-state index is 0.282. The van der Waals surface area contributed by atoms with Crippen LogP contribution in [0.3, 0.4) is 0 Å². The number of para-hydroxylation sites is 1. The maximum atomic E-state index is 5.56. The maximum Gasteiger partial charge on any atom is 0.131 e. The average molecular weight is 387 g/mol. The molecule has 1 heterocycles. The number of hydrogen-bond acceptors (Lipinski definition) is 3. The summed E-state index contributed by atoms with van der Waals surface area (Å²) in [5, 5.41) is 3.22. The van der Waals surface area contributed by atoms with E-state index in [1.807, 2.05) is 30.3 Å². The monoisotopic (exact) mass is 385 g/mol. The highest BCUT2D eigenvalue weighted by Crippen LogP contribution is 2.32. The lowest BCUT2D eigenvalue weighted by Crippen LogP contribution is -2.12. The predicted molar refractivity (Wildman–Crippen MR) is 85.2 cm³/mol. The second-order valence-corrected chi connectivity index (χ2v) is 5.64. The normalized spacial score (nSPS) is 10.1. The van der Waals surface area contributed by atoms with Crippen LogP contribution in [-0.4, -0.2) is 9.97 Å². The Morgan fingerprint density at radius 1 is 1.11 bits per heavy atom.